The minimum Gasteiger partial charge on any atom is -0.462 e. The van der Waals surface area contributed by atoms with Crippen molar-refractivity contribution >= 4 is 29.6 Å². The first kappa shape index (κ1) is 28.3. The van der Waals surface area contributed by atoms with Crippen LogP contribution in [0.4, 0.5) is 5.82 Å². The summed E-state index contributed by atoms with van der Waals surface area (Å²) >= 11 is 0. The number of nitrogens with zero attached hydrogens (tertiary/aromatic N) is 5. The second kappa shape index (κ2) is 12.7. The molecule has 1 fully saturated rings. The van der Waals surface area contributed by atoms with E-state index in [2.05, 4.69) is 20.3 Å². The second-order valence-electron chi connectivity index (χ2n) is 7.53. The SMILES string of the molecule is CCC(=O)Nc1ccn([C@@H]2O[C@@](COC(=O)CC)(N=[N+]=[N-])[C@@H](OC(=O)CC)[C@H]2OC(=O)CC)c(=O)n1. The van der Waals surface area contributed by atoms with E-state index in [0.29, 0.717) is 0 Å². The third-order valence-electron chi connectivity index (χ3n) is 5.09. The number of azide groups is 1. The Bertz CT molecular complexity index is 1100. The van der Waals surface area contributed by atoms with Gasteiger partial charge in [-0.25, -0.2) is 4.79 Å². The summed E-state index contributed by atoms with van der Waals surface area (Å²) in [7, 11) is 0. The Morgan fingerprint density at radius 3 is 2.31 bits per heavy atom. The average Bonchev–Trinajstić information content (AvgIpc) is 3.14. The summed E-state index contributed by atoms with van der Waals surface area (Å²) in [5.41, 5.74) is 6.16. The van der Waals surface area contributed by atoms with Crippen LogP contribution in [0.15, 0.2) is 22.2 Å². The van der Waals surface area contributed by atoms with E-state index >= 15 is 0 Å². The molecule has 0 bridgehead atoms. The number of carbonyl (C=O) groups excluding carboxylic acids is 4. The van der Waals surface area contributed by atoms with Crippen molar-refractivity contribution in [3.8, 4) is 0 Å². The van der Waals surface area contributed by atoms with Crippen LogP contribution in [0.25, 0.3) is 10.4 Å². The maximum Gasteiger partial charge on any atom is 0.351 e. The predicted octanol–water partition coefficient (Wildman–Crippen LogP) is 1.72. The molecule has 0 saturated carbocycles. The fourth-order valence-corrected chi connectivity index (χ4v) is 3.20. The molecule has 0 spiro atoms. The van der Waals surface area contributed by atoms with Crippen molar-refractivity contribution in [3.63, 3.8) is 0 Å². The molecule has 4 atom stereocenters. The molecule has 1 amide bonds. The summed E-state index contributed by atoms with van der Waals surface area (Å²) < 4.78 is 22.9. The molecule has 2 rings (SSSR count). The van der Waals surface area contributed by atoms with Gasteiger partial charge in [0.2, 0.25) is 11.6 Å². The highest BCUT2D eigenvalue weighted by Crippen LogP contribution is 2.42. The van der Waals surface area contributed by atoms with E-state index in [4.69, 9.17) is 18.9 Å². The van der Waals surface area contributed by atoms with Crippen molar-refractivity contribution in [2.75, 3.05) is 11.9 Å². The van der Waals surface area contributed by atoms with E-state index in [-0.39, 0.29) is 37.4 Å². The molecule has 196 valence electrons. The maximum atomic E-state index is 12.8. The predicted molar refractivity (Wildman–Crippen MR) is 121 cm³/mol. The number of esters is 3. The summed E-state index contributed by atoms with van der Waals surface area (Å²) in [5.74, 6) is -2.58. The molecule has 1 saturated heterocycles. The third kappa shape index (κ3) is 6.58. The Kier molecular flexibility index (Phi) is 9.93. The van der Waals surface area contributed by atoms with Gasteiger partial charge in [0.1, 0.15) is 12.4 Å². The summed E-state index contributed by atoms with van der Waals surface area (Å²) in [4.78, 5) is 67.4. The van der Waals surface area contributed by atoms with E-state index in [1.807, 2.05) is 0 Å². The number of ether oxygens (including phenoxy) is 4. The molecule has 1 aliphatic heterocycles. The monoisotopic (exact) mass is 508 g/mol. The van der Waals surface area contributed by atoms with Crippen LogP contribution in [0.1, 0.15) is 59.6 Å². The summed E-state index contributed by atoms with van der Waals surface area (Å²) in [6.45, 7) is 5.48. The third-order valence-corrected chi connectivity index (χ3v) is 5.09. The standard InChI is InChI=1S/C21H28N6O9/c1-5-13(28)23-12-9-10-27(20(32)24-12)19-17(34-15(30)7-3)18(35-16(31)8-4)21(36-19,25-26-22)11-33-14(29)6-2/h9-10,17-19H,5-8,11H2,1-4H3,(H,23,24,28,32)/t17-,18+,19-,21-/m1/s1. The van der Waals surface area contributed by atoms with Crippen LogP contribution >= 0.6 is 0 Å². The van der Waals surface area contributed by atoms with Gasteiger partial charge in [0, 0.05) is 36.8 Å². The molecule has 0 unspecified atom stereocenters. The summed E-state index contributed by atoms with van der Waals surface area (Å²) in [6.07, 6.45) is -3.40. The van der Waals surface area contributed by atoms with Gasteiger partial charge in [-0.2, -0.15) is 4.98 Å². The van der Waals surface area contributed by atoms with Crippen LogP contribution in [-0.4, -0.2) is 57.9 Å². The Hall–Kier alpha value is -3.97. The normalized spacial score (nSPS) is 22.7. The van der Waals surface area contributed by atoms with Gasteiger partial charge in [0.05, 0.1) is 0 Å². The van der Waals surface area contributed by atoms with Crippen molar-refractivity contribution in [3.05, 3.63) is 33.2 Å². The van der Waals surface area contributed by atoms with Crippen LogP contribution in [0.2, 0.25) is 0 Å². The van der Waals surface area contributed by atoms with Gasteiger partial charge < -0.3 is 24.3 Å². The minimum atomic E-state index is -2.18. The molecular formula is C21H28N6O9. The fraction of sp³-hybridized carbons (Fsp3) is 0.619. The van der Waals surface area contributed by atoms with Crippen LogP contribution < -0.4 is 11.0 Å². The van der Waals surface area contributed by atoms with Crippen LogP contribution in [-0.2, 0) is 38.1 Å². The van der Waals surface area contributed by atoms with Gasteiger partial charge in [0.15, 0.2) is 18.4 Å². The number of hydrogen-bond donors (Lipinski definition) is 1. The molecule has 1 aromatic rings. The van der Waals surface area contributed by atoms with E-state index in [1.165, 1.54) is 33.0 Å². The van der Waals surface area contributed by atoms with Crippen molar-refractivity contribution in [2.45, 2.75) is 77.5 Å². The summed E-state index contributed by atoms with van der Waals surface area (Å²) in [6, 6.07) is 1.30. The molecule has 1 aromatic heterocycles. The van der Waals surface area contributed by atoms with Crippen molar-refractivity contribution in [1.82, 2.24) is 9.55 Å². The van der Waals surface area contributed by atoms with Gasteiger partial charge in [-0.3, -0.25) is 23.7 Å². The number of carbonyl (C=O) groups is 4. The quantitative estimate of drug-likeness (QED) is 0.151. The lowest BCUT2D eigenvalue weighted by molar-refractivity contribution is -0.179. The zero-order valence-electron chi connectivity index (χ0n) is 20.3. The zero-order valence-corrected chi connectivity index (χ0v) is 20.3. The van der Waals surface area contributed by atoms with Crippen LogP contribution in [0.5, 0.6) is 0 Å². The molecule has 2 heterocycles. The van der Waals surface area contributed by atoms with Gasteiger partial charge in [0.25, 0.3) is 0 Å². The molecule has 0 aromatic carbocycles. The molecule has 0 radical (unpaired) electrons. The minimum absolute atomic E-state index is 0.0161. The van der Waals surface area contributed by atoms with E-state index in [0.717, 1.165) is 4.57 Å². The second-order valence-corrected chi connectivity index (χ2v) is 7.53. The largest absolute Gasteiger partial charge is 0.462 e. The molecule has 15 nitrogen and oxygen atoms in total. The first-order valence-corrected chi connectivity index (χ1v) is 11.3. The Morgan fingerprint density at radius 1 is 1.11 bits per heavy atom. The van der Waals surface area contributed by atoms with Gasteiger partial charge in [-0.05, 0) is 11.6 Å². The van der Waals surface area contributed by atoms with Crippen LogP contribution in [0.3, 0.4) is 0 Å². The highest BCUT2D eigenvalue weighted by atomic mass is 16.7. The number of nitrogens with one attached hydrogen (secondary N) is 1. The number of aromatic nitrogens is 2. The lowest BCUT2D eigenvalue weighted by atomic mass is 10.0. The lowest BCUT2D eigenvalue weighted by Gasteiger charge is -2.29. The first-order chi connectivity index (χ1) is 17.1. The molecule has 15 heteroatoms. The van der Waals surface area contributed by atoms with Gasteiger partial charge in [-0.15, -0.1) is 0 Å². The molecular weight excluding hydrogens is 480 g/mol. The Labute approximate surface area is 205 Å². The first-order valence-electron chi connectivity index (χ1n) is 11.3. The maximum absolute atomic E-state index is 12.8. The molecule has 1 aliphatic rings. The average molecular weight is 508 g/mol. The highest BCUT2D eigenvalue weighted by Gasteiger charge is 2.61. The van der Waals surface area contributed by atoms with Crippen LogP contribution in [0, 0.1) is 0 Å². The van der Waals surface area contributed by atoms with Crippen molar-refractivity contribution in [2.24, 2.45) is 5.11 Å². The smallest absolute Gasteiger partial charge is 0.351 e. The summed E-state index contributed by atoms with van der Waals surface area (Å²) in [5, 5.41) is 6.04. The number of rotatable bonds is 11. The lowest BCUT2D eigenvalue weighted by Crippen LogP contribution is -2.49. The fourth-order valence-electron chi connectivity index (χ4n) is 3.20. The molecule has 36 heavy (non-hydrogen) atoms. The number of anilines is 1. The van der Waals surface area contributed by atoms with E-state index < -0.39 is 54.4 Å². The molecule has 1 N–H and O–H groups in total. The Morgan fingerprint density at radius 2 is 1.75 bits per heavy atom. The molecule has 0 aliphatic carbocycles. The van der Waals surface area contributed by atoms with Crippen molar-refractivity contribution in [1.29, 1.82) is 0 Å². The van der Waals surface area contributed by atoms with Crippen molar-refractivity contribution < 1.29 is 38.1 Å². The topological polar surface area (TPSA) is 201 Å². The van der Waals surface area contributed by atoms with Gasteiger partial charge >= 0.3 is 23.6 Å². The number of amides is 1. The zero-order chi connectivity index (χ0) is 26.9. The van der Waals surface area contributed by atoms with E-state index in [9.17, 15) is 29.5 Å². The Balaban J connectivity index is 2.63. The number of hydrogen-bond acceptors (Lipinski definition) is 11. The van der Waals surface area contributed by atoms with E-state index in [1.54, 1.807) is 6.92 Å². The van der Waals surface area contributed by atoms with Gasteiger partial charge in [-0.1, -0.05) is 32.8 Å². The highest BCUT2D eigenvalue weighted by molar-refractivity contribution is 5.89.